The van der Waals surface area contributed by atoms with E-state index in [4.69, 9.17) is 0 Å². The van der Waals surface area contributed by atoms with E-state index in [1.807, 2.05) is 0 Å². The van der Waals surface area contributed by atoms with Gasteiger partial charge in [-0.25, -0.2) is 0 Å². The molecular formula is C13H28N2. The van der Waals surface area contributed by atoms with Crippen LogP contribution in [0.4, 0.5) is 0 Å². The molecule has 0 spiro atoms. The minimum absolute atomic E-state index is 0.301. The Morgan fingerprint density at radius 1 is 1.20 bits per heavy atom. The van der Waals surface area contributed by atoms with Crippen LogP contribution in [-0.4, -0.2) is 36.6 Å². The summed E-state index contributed by atoms with van der Waals surface area (Å²) < 4.78 is 0. The van der Waals surface area contributed by atoms with Gasteiger partial charge in [-0.05, 0) is 59.2 Å². The smallest absolute Gasteiger partial charge is 0.0306 e. The lowest BCUT2D eigenvalue weighted by atomic mass is 9.86. The molecule has 1 fully saturated rings. The Hall–Kier alpha value is -0.0800. The SMILES string of the molecule is CNC(CC(C)C)C(C)(C)N1CCCC1. The number of nitrogens with zero attached hydrogens (tertiary/aromatic N) is 1. The summed E-state index contributed by atoms with van der Waals surface area (Å²) in [5.74, 6) is 0.768. The molecule has 2 nitrogen and oxygen atoms in total. The van der Waals surface area contributed by atoms with Crippen molar-refractivity contribution in [3.05, 3.63) is 0 Å². The van der Waals surface area contributed by atoms with Gasteiger partial charge in [-0.15, -0.1) is 0 Å². The maximum atomic E-state index is 3.51. The highest BCUT2D eigenvalue weighted by atomic mass is 15.2. The lowest BCUT2D eigenvalue weighted by Crippen LogP contribution is -2.56. The Balaban J connectivity index is 2.62. The maximum absolute atomic E-state index is 3.51. The Labute approximate surface area is 95.4 Å². The second kappa shape index (κ2) is 5.31. The third kappa shape index (κ3) is 3.18. The van der Waals surface area contributed by atoms with Crippen molar-refractivity contribution in [1.82, 2.24) is 10.2 Å². The van der Waals surface area contributed by atoms with E-state index in [9.17, 15) is 0 Å². The number of nitrogens with one attached hydrogen (secondary N) is 1. The molecule has 1 rings (SSSR count). The molecule has 2 heteroatoms. The molecule has 1 unspecified atom stereocenters. The number of rotatable bonds is 5. The molecule has 1 saturated heterocycles. The minimum atomic E-state index is 0.301. The van der Waals surface area contributed by atoms with Crippen molar-refractivity contribution in [3.63, 3.8) is 0 Å². The Bertz CT molecular complexity index is 181. The summed E-state index contributed by atoms with van der Waals surface area (Å²) in [7, 11) is 2.10. The molecule has 1 heterocycles. The van der Waals surface area contributed by atoms with Crippen molar-refractivity contribution < 1.29 is 0 Å². The molecule has 0 aromatic rings. The van der Waals surface area contributed by atoms with Gasteiger partial charge in [-0.3, -0.25) is 4.90 Å². The zero-order chi connectivity index (χ0) is 11.5. The van der Waals surface area contributed by atoms with Gasteiger partial charge in [0, 0.05) is 11.6 Å². The van der Waals surface area contributed by atoms with Crippen molar-refractivity contribution >= 4 is 0 Å². The number of hydrogen-bond acceptors (Lipinski definition) is 2. The Kier molecular flexibility index (Phi) is 4.60. The van der Waals surface area contributed by atoms with Crippen LogP contribution in [-0.2, 0) is 0 Å². The molecule has 0 radical (unpaired) electrons. The van der Waals surface area contributed by atoms with Crippen molar-refractivity contribution in [1.29, 1.82) is 0 Å². The Morgan fingerprint density at radius 2 is 1.73 bits per heavy atom. The van der Waals surface area contributed by atoms with E-state index in [2.05, 4.69) is 45.0 Å². The zero-order valence-electron chi connectivity index (χ0n) is 11.1. The van der Waals surface area contributed by atoms with E-state index in [1.165, 1.54) is 32.4 Å². The van der Waals surface area contributed by atoms with Crippen LogP contribution in [0.1, 0.15) is 47.0 Å². The fourth-order valence-electron chi connectivity index (χ4n) is 2.74. The van der Waals surface area contributed by atoms with Crippen LogP contribution >= 0.6 is 0 Å². The molecule has 15 heavy (non-hydrogen) atoms. The fraction of sp³-hybridized carbons (Fsp3) is 1.00. The quantitative estimate of drug-likeness (QED) is 0.753. The lowest BCUT2D eigenvalue weighted by molar-refractivity contribution is 0.0999. The minimum Gasteiger partial charge on any atom is -0.315 e. The van der Waals surface area contributed by atoms with Crippen molar-refractivity contribution in [2.75, 3.05) is 20.1 Å². The molecule has 0 amide bonds. The third-order valence-electron chi connectivity index (χ3n) is 3.83. The van der Waals surface area contributed by atoms with Gasteiger partial charge in [0.05, 0.1) is 0 Å². The lowest BCUT2D eigenvalue weighted by Gasteiger charge is -2.42. The predicted octanol–water partition coefficient (Wildman–Crippen LogP) is 2.49. The molecule has 1 atom stereocenters. The first-order valence-corrected chi connectivity index (χ1v) is 6.40. The van der Waals surface area contributed by atoms with E-state index >= 15 is 0 Å². The summed E-state index contributed by atoms with van der Waals surface area (Å²) in [6, 6.07) is 0.607. The zero-order valence-corrected chi connectivity index (χ0v) is 11.1. The molecule has 1 aliphatic rings. The molecule has 0 aromatic heterocycles. The second-order valence-corrected chi connectivity index (χ2v) is 5.82. The largest absolute Gasteiger partial charge is 0.315 e. The highest BCUT2D eigenvalue weighted by Gasteiger charge is 2.35. The predicted molar refractivity (Wildman–Crippen MR) is 67.2 cm³/mol. The van der Waals surface area contributed by atoms with Crippen LogP contribution in [0, 0.1) is 5.92 Å². The van der Waals surface area contributed by atoms with Crippen LogP contribution < -0.4 is 5.32 Å². The van der Waals surface area contributed by atoms with Crippen LogP contribution in [0.15, 0.2) is 0 Å². The monoisotopic (exact) mass is 212 g/mol. The van der Waals surface area contributed by atoms with Crippen LogP contribution in [0.25, 0.3) is 0 Å². The van der Waals surface area contributed by atoms with Gasteiger partial charge in [0.1, 0.15) is 0 Å². The molecule has 0 bridgehead atoms. The first-order valence-electron chi connectivity index (χ1n) is 6.40. The summed E-state index contributed by atoms with van der Waals surface area (Å²) in [5.41, 5.74) is 0.301. The highest BCUT2D eigenvalue weighted by Crippen LogP contribution is 2.27. The van der Waals surface area contributed by atoms with Gasteiger partial charge < -0.3 is 5.32 Å². The van der Waals surface area contributed by atoms with E-state index in [-0.39, 0.29) is 0 Å². The normalized spacial score (nSPS) is 21.2. The molecule has 90 valence electrons. The third-order valence-corrected chi connectivity index (χ3v) is 3.83. The summed E-state index contributed by atoms with van der Waals surface area (Å²) in [4.78, 5) is 2.65. The van der Waals surface area contributed by atoms with E-state index < -0.39 is 0 Å². The molecule has 0 saturated carbocycles. The molecule has 0 aliphatic carbocycles. The highest BCUT2D eigenvalue weighted by molar-refractivity contribution is 4.94. The van der Waals surface area contributed by atoms with Gasteiger partial charge in [-0.2, -0.15) is 0 Å². The molecule has 1 N–H and O–H groups in total. The van der Waals surface area contributed by atoms with Gasteiger partial charge in [0.15, 0.2) is 0 Å². The van der Waals surface area contributed by atoms with Crippen molar-refractivity contribution in [2.24, 2.45) is 5.92 Å². The molecule has 0 aromatic carbocycles. The van der Waals surface area contributed by atoms with Gasteiger partial charge >= 0.3 is 0 Å². The maximum Gasteiger partial charge on any atom is 0.0306 e. The second-order valence-electron chi connectivity index (χ2n) is 5.82. The van der Waals surface area contributed by atoms with Gasteiger partial charge in [0.2, 0.25) is 0 Å². The topological polar surface area (TPSA) is 15.3 Å². The first-order chi connectivity index (χ1) is 6.98. The average molecular weight is 212 g/mol. The van der Waals surface area contributed by atoms with Crippen LogP contribution in [0.2, 0.25) is 0 Å². The Morgan fingerprint density at radius 3 is 2.13 bits per heavy atom. The summed E-state index contributed by atoms with van der Waals surface area (Å²) in [5, 5.41) is 3.51. The van der Waals surface area contributed by atoms with E-state index in [0.717, 1.165) is 5.92 Å². The van der Waals surface area contributed by atoms with E-state index in [1.54, 1.807) is 0 Å². The number of hydrogen-bond donors (Lipinski definition) is 1. The first kappa shape index (κ1) is 13.0. The van der Waals surface area contributed by atoms with E-state index in [0.29, 0.717) is 11.6 Å². The van der Waals surface area contributed by atoms with Crippen LogP contribution in [0.3, 0.4) is 0 Å². The van der Waals surface area contributed by atoms with Gasteiger partial charge in [-0.1, -0.05) is 13.8 Å². The average Bonchev–Trinajstić information content (AvgIpc) is 2.66. The summed E-state index contributed by atoms with van der Waals surface area (Å²) in [6.45, 7) is 12.0. The molecule has 1 aliphatic heterocycles. The van der Waals surface area contributed by atoms with Crippen molar-refractivity contribution in [2.45, 2.75) is 58.5 Å². The number of likely N-dealkylation sites (N-methyl/N-ethyl adjacent to an activating group) is 1. The fourth-order valence-corrected chi connectivity index (χ4v) is 2.74. The summed E-state index contributed by atoms with van der Waals surface area (Å²) >= 11 is 0. The van der Waals surface area contributed by atoms with Gasteiger partial charge in [0.25, 0.3) is 0 Å². The number of likely N-dealkylation sites (tertiary alicyclic amines) is 1. The van der Waals surface area contributed by atoms with Crippen LogP contribution in [0.5, 0.6) is 0 Å². The standard InChI is InChI=1S/C13H28N2/c1-11(2)10-12(14-5)13(3,4)15-8-6-7-9-15/h11-12,14H,6-10H2,1-5H3. The molecular weight excluding hydrogens is 184 g/mol. The van der Waals surface area contributed by atoms with Crippen molar-refractivity contribution in [3.8, 4) is 0 Å². The summed E-state index contributed by atoms with van der Waals surface area (Å²) in [6.07, 6.45) is 4.02.